The number of alkyl halides is 2. The van der Waals surface area contributed by atoms with E-state index in [0.29, 0.717) is 0 Å². The largest absolute Gasteiger partial charge is 0.250 e. The summed E-state index contributed by atoms with van der Waals surface area (Å²) in [6.45, 7) is 3.92. The summed E-state index contributed by atoms with van der Waals surface area (Å²) in [5.74, 6) is 0. The minimum absolute atomic E-state index is 0.593. The first kappa shape index (κ1) is 7.86. The van der Waals surface area contributed by atoms with Gasteiger partial charge in [0.15, 0.2) is 0 Å². The molecule has 50 valence electrons. The molecule has 0 aliphatic heterocycles. The molecule has 0 aromatic heterocycles. The van der Waals surface area contributed by atoms with Crippen LogP contribution in [0.15, 0.2) is 0 Å². The van der Waals surface area contributed by atoms with Crippen molar-refractivity contribution in [3.05, 3.63) is 0 Å². The number of halogens is 2. The van der Waals surface area contributed by atoms with E-state index in [4.69, 9.17) is 0 Å². The zero-order valence-corrected chi connectivity index (χ0v) is 5.54. The molecule has 0 heterocycles. The number of hydrogen-bond donors (Lipinski definition) is 0. The maximum Gasteiger partial charge on any atom is 0.105 e. The predicted molar refractivity (Wildman–Crippen MR) is 30.3 cm³/mol. The van der Waals surface area contributed by atoms with Crippen molar-refractivity contribution in [2.24, 2.45) is 5.41 Å². The van der Waals surface area contributed by atoms with Gasteiger partial charge in [-0.1, -0.05) is 13.8 Å². The molecule has 1 atom stereocenters. The van der Waals surface area contributed by atoms with Crippen molar-refractivity contribution >= 4 is 0 Å². The summed E-state index contributed by atoms with van der Waals surface area (Å²) >= 11 is 0. The van der Waals surface area contributed by atoms with E-state index in [1.807, 2.05) is 0 Å². The van der Waals surface area contributed by atoms with Crippen molar-refractivity contribution in [3.8, 4) is 0 Å². The second-order valence-corrected chi connectivity index (χ2v) is 2.74. The van der Waals surface area contributed by atoms with E-state index in [0.717, 1.165) is 0 Å². The van der Waals surface area contributed by atoms with Crippen LogP contribution in [0.25, 0.3) is 0 Å². The molecule has 0 saturated heterocycles. The van der Waals surface area contributed by atoms with E-state index in [9.17, 15) is 8.78 Å². The quantitative estimate of drug-likeness (QED) is 0.527. The van der Waals surface area contributed by atoms with E-state index in [1.54, 1.807) is 13.8 Å². The van der Waals surface area contributed by atoms with Gasteiger partial charge in [-0.05, 0) is 6.92 Å². The molecule has 0 aromatic carbocycles. The van der Waals surface area contributed by atoms with Crippen LogP contribution in [0.3, 0.4) is 0 Å². The summed E-state index contributed by atoms with van der Waals surface area (Å²) in [4.78, 5) is 0. The van der Waals surface area contributed by atoms with Crippen LogP contribution < -0.4 is 0 Å². The Morgan fingerprint density at radius 3 is 1.88 bits per heavy atom. The molecular formula is C6H12F2. The van der Waals surface area contributed by atoms with Gasteiger partial charge < -0.3 is 0 Å². The highest BCUT2D eigenvalue weighted by Gasteiger charge is 2.24. The molecule has 8 heavy (non-hydrogen) atoms. The van der Waals surface area contributed by atoms with Crippen LogP contribution in [0.4, 0.5) is 8.78 Å². The van der Waals surface area contributed by atoms with Crippen molar-refractivity contribution < 1.29 is 8.78 Å². The minimum atomic E-state index is -1.06. The molecule has 0 amide bonds. The molecule has 0 aromatic rings. The van der Waals surface area contributed by atoms with E-state index >= 15 is 0 Å². The highest BCUT2D eigenvalue weighted by Crippen LogP contribution is 2.22. The zero-order chi connectivity index (χ0) is 6.78. The number of rotatable bonds is 2. The molecule has 1 unspecified atom stereocenters. The predicted octanol–water partition coefficient (Wildman–Crippen LogP) is 2.34. The lowest BCUT2D eigenvalue weighted by molar-refractivity contribution is 0.123. The van der Waals surface area contributed by atoms with Gasteiger partial charge in [-0.3, -0.25) is 4.39 Å². The minimum Gasteiger partial charge on any atom is -0.250 e. The van der Waals surface area contributed by atoms with Crippen LogP contribution in [0, 0.1) is 5.41 Å². The lowest BCUT2D eigenvalue weighted by atomic mass is 9.91. The van der Waals surface area contributed by atoms with Crippen molar-refractivity contribution in [3.63, 3.8) is 0 Å². The third kappa shape index (κ3) is 1.76. The van der Waals surface area contributed by atoms with E-state index in [-0.39, 0.29) is 0 Å². The Labute approximate surface area is 48.9 Å². The van der Waals surface area contributed by atoms with Gasteiger partial charge in [0.2, 0.25) is 0 Å². The van der Waals surface area contributed by atoms with Crippen molar-refractivity contribution in [2.75, 3.05) is 6.67 Å². The zero-order valence-electron chi connectivity index (χ0n) is 5.54. The smallest absolute Gasteiger partial charge is 0.105 e. The van der Waals surface area contributed by atoms with Gasteiger partial charge in [-0.2, -0.15) is 0 Å². The average molecular weight is 122 g/mol. The van der Waals surface area contributed by atoms with Gasteiger partial charge >= 0.3 is 0 Å². The van der Waals surface area contributed by atoms with E-state index in [2.05, 4.69) is 0 Å². The van der Waals surface area contributed by atoms with Gasteiger partial charge in [0.25, 0.3) is 0 Å². The molecule has 0 aliphatic carbocycles. The van der Waals surface area contributed by atoms with Crippen LogP contribution in [0.2, 0.25) is 0 Å². The topological polar surface area (TPSA) is 0 Å². The average Bonchev–Trinajstić information content (AvgIpc) is 1.67. The molecule has 0 N–H and O–H groups in total. The van der Waals surface area contributed by atoms with Gasteiger partial charge in [-0.25, -0.2) is 4.39 Å². The molecule has 0 spiro atoms. The standard InChI is InChI=1S/C6H12F2/c1-5(8)6(2,3)4-7/h5H,4H2,1-3H3. The normalized spacial score (nSPS) is 16.1. The highest BCUT2D eigenvalue weighted by molar-refractivity contribution is 4.72. The van der Waals surface area contributed by atoms with E-state index < -0.39 is 18.3 Å². The first-order valence-electron chi connectivity index (χ1n) is 2.71. The van der Waals surface area contributed by atoms with Crippen molar-refractivity contribution in [1.29, 1.82) is 0 Å². The second-order valence-electron chi connectivity index (χ2n) is 2.74. The maximum atomic E-state index is 12.2. The van der Waals surface area contributed by atoms with Crippen molar-refractivity contribution in [1.82, 2.24) is 0 Å². The van der Waals surface area contributed by atoms with Gasteiger partial charge in [-0.15, -0.1) is 0 Å². The third-order valence-corrected chi connectivity index (χ3v) is 1.42. The lowest BCUT2D eigenvalue weighted by Gasteiger charge is -2.21. The molecule has 0 saturated carbocycles. The van der Waals surface area contributed by atoms with Crippen LogP contribution in [0.1, 0.15) is 20.8 Å². The van der Waals surface area contributed by atoms with E-state index in [1.165, 1.54) is 6.92 Å². The summed E-state index contributed by atoms with van der Waals surface area (Å²) in [5, 5.41) is 0. The second kappa shape index (κ2) is 2.42. The summed E-state index contributed by atoms with van der Waals surface area (Å²) < 4.78 is 24.0. The summed E-state index contributed by atoms with van der Waals surface area (Å²) in [6, 6.07) is 0. The van der Waals surface area contributed by atoms with Crippen LogP contribution >= 0.6 is 0 Å². The first-order valence-corrected chi connectivity index (χ1v) is 2.71. The molecule has 2 heteroatoms. The Morgan fingerprint density at radius 2 is 1.88 bits per heavy atom. The fourth-order valence-electron chi connectivity index (χ4n) is 0.106. The summed E-state index contributed by atoms with van der Waals surface area (Å²) in [6.07, 6.45) is -1.06. The molecule has 0 rings (SSSR count). The Bertz CT molecular complexity index is 66.9. The van der Waals surface area contributed by atoms with Crippen LogP contribution in [-0.2, 0) is 0 Å². The van der Waals surface area contributed by atoms with Gasteiger partial charge in [0.1, 0.15) is 6.17 Å². The molecule has 0 nitrogen and oxygen atoms in total. The number of hydrogen-bond acceptors (Lipinski definition) is 0. The molecule has 0 bridgehead atoms. The summed E-state index contributed by atoms with van der Waals surface area (Å²) in [5.41, 5.74) is -0.792. The molecule has 0 fully saturated rings. The van der Waals surface area contributed by atoms with Gasteiger partial charge in [0.05, 0.1) is 6.67 Å². The Balaban J connectivity index is 3.71. The Morgan fingerprint density at radius 1 is 1.50 bits per heavy atom. The lowest BCUT2D eigenvalue weighted by Crippen LogP contribution is -2.24. The Kier molecular flexibility index (Phi) is 2.38. The fraction of sp³-hybridized carbons (Fsp3) is 1.00. The van der Waals surface area contributed by atoms with Crippen molar-refractivity contribution in [2.45, 2.75) is 26.9 Å². The van der Waals surface area contributed by atoms with Gasteiger partial charge in [0, 0.05) is 5.41 Å². The third-order valence-electron chi connectivity index (χ3n) is 1.42. The molecular weight excluding hydrogens is 110 g/mol. The maximum absolute atomic E-state index is 12.2. The van der Waals surface area contributed by atoms with Crippen LogP contribution in [0.5, 0.6) is 0 Å². The monoisotopic (exact) mass is 122 g/mol. The Hall–Kier alpha value is -0.140. The molecule has 0 aliphatic rings. The summed E-state index contributed by atoms with van der Waals surface area (Å²) in [7, 11) is 0. The SMILES string of the molecule is CC(F)C(C)(C)CF. The first-order chi connectivity index (χ1) is 3.50. The molecule has 0 radical (unpaired) electrons. The van der Waals surface area contributed by atoms with Crippen LogP contribution in [-0.4, -0.2) is 12.8 Å². The highest BCUT2D eigenvalue weighted by atomic mass is 19.1. The fourth-order valence-corrected chi connectivity index (χ4v) is 0.106.